The molecule has 1 rings (SSSR count). The van der Waals surface area contributed by atoms with Crippen LogP contribution in [0.4, 0.5) is 32.0 Å². The second-order valence-corrected chi connectivity index (χ2v) is 2.97. The van der Waals surface area contributed by atoms with Crippen LogP contribution in [0.1, 0.15) is 5.69 Å². The molecule has 0 aliphatic heterocycles. The van der Waals surface area contributed by atoms with Gasteiger partial charge in [-0.1, -0.05) is 0 Å². The van der Waals surface area contributed by atoms with E-state index in [1.54, 1.807) is 0 Å². The Kier molecular flexibility index (Phi) is 3.45. The first-order valence-electron chi connectivity index (χ1n) is 4.12. The Bertz CT molecular complexity index is 512. The predicted octanol–water partition coefficient (Wildman–Crippen LogP) is 2.61. The summed E-state index contributed by atoms with van der Waals surface area (Å²) in [6, 6.07) is 0. The molecule has 19 heavy (non-hydrogen) atoms. The van der Waals surface area contributed by atoms with Gasteiger partial charge in [0.25, 0.3) is 0 Å². The quantitative estimate of drug-likeness (QED) is 0.514. The molecule has 0 aliphatic rings. The first kappa shape index (κ1) is 14.8. The number of nitro groups is 1. The smallest absolute Gasteiger partial charge is 0.501 e. The van der Waals surface area contributed by atoms with Crippen molar-refractivity contribution >= 4 is 5.69 Å². The molecule has 0 radical (unpaired) electrons. The zero-order valence-corrected chi connectivity index (χ0v) is 8.41. The fourth-order valence-corrected chi connectivity index (χ4v) is 1.06. The second kappa shape index (κ2) is 4.44. The Labute approximate surface area is 98.9 Å². The molecule has 0 aromatic carbocycles. The number of aromatic hydroxyl groups is 1. The molecular weight excluding hydrogens is 290 g/mol. The van der Waals surface area contributed by atoms with Crippen molar-refractivity contribution in [2.45, 2.75) is 12.5 Å². The number of nitrogens with zero attached hydrogens (tertiary/aromatic N) is 2. The number of hydrogen-bond acceptors (Lipinski definition) is 5. The van der Waals surface area contributed by atoms with Crippen molar-refractivity contribution < 1.29 is 41.1 Å². The molecule has 0 fully saturated rings. The van der Waals surface area contributed by atoms with Crippen molar-refractivity contribution in [2.75, 3.05) is 0 Å². The Morgan fingerprint density at radius 1 is 1.26 bits per heavy atom. The van der Waals surface area contributed by atoms with Gasteiger partial charge in [-0.15, -0.1) is 13.2 Å². The molecular formula is C7H2F6N2O4. The zero-order valence-electron chi connectivity index (χ0n) is 8.41. The molecule has 0 aliphatic carbocycles. The molecule has 1 aromatic rings. The van der Waals surface area contributed by atoms with Crippen LogP contribution < -0.4 is 4.74 Å². The van der Waals surface area contributed by atoms with E-state index in [1.807, 2.05) is 0 Å². The number of aromatic nitrogens is 1. The maximum atomic E-state index is 12.4. The monoisotopic (exact) mass is 292 g/mol. The van der Waals surface area contributed by atoms with Crippen molar-refractivity contribution in [3.05, 3.63) is 22.0 Å². The van der Waals surface area contributed by atoms with Gasteiger partial charge in [0.05, 0.1) is 11.1 Å². The molecule has 0 spiro atoms. The van der Waals surface area contributed by atoms with E-state index in [2.05, 4.69) is 9.72 Å². The third-order valence-electron chi connectivity index (χ3n) is 1.66. The van der Waals surface area contributed by atoms with Crippen LogP contribution >= 0.6 is 0 Å². The molecule has 0 unspecified atom stereocenters. The SMILES string of the molecule is O=[N+]([O-])c1c(O)cnc(C(F)(F)F)c1OC(F)(F)F. The van der Waals surface area contributed by atoms with Gasteiger partial charge in [0, 0.05) is 0 Å². The van der Waals surface area contributed by atoms with E-state index in [9.17, 15) is 36.5 Å². The molecule has 1 heterocycles. The Morgan fingerprint density at radius 3 is 2.16 bits per heavy atom. The normalized spacial score (nSPS) is 12.3. The average Bonchev–Trinajstić information content (AvgIpc) is 2.11. The summed E-state index contributed by atoms with van der Waals surface area (Å²) in [6.45, 7) is 0. The molecule has 0 bridgehead atoms. The van der Waals surface area contributed by atoms with Crippen molar-refractivity contribution in [3.63, 3.8) is 0 Å². The van der Waals surface area contributed by atoms with Crippen molar-refractivity contribution in [1.29, 1.82) is 0 Å². The van der Waals surface area contributed by atoms with Crippen LogP contribution in [0.15, 0.2) is 6.20 Å². The standard InChI is InChI=1S/C7H2F6N2O4/c8-6(9,10)5-4(19-7(11,12)13)3(15(17)18)2(16)1-14-5/h1,16H. The zero-order chi connectivity index (χ0) is 15.0. The summed E-state index contributed by atoms with van der Waals surface area (Å²) >= 11 is 0. The third kappa shape index (κ3) is 3.35. The average molecular weight is 292 g/mol. The van der Waals surface area contributed by atoms with Crippen LogP contribution in [0.5, 0.6) is 11.5 Å². The third-order valence-corrected chi connectivity index (χ3v) is 1.66. The van der Waals surface area contributed by atoms with Crippen LogP contribution in [0, 0.1) is 10.1 Å². The van der Waals surface area contributed by atoms with Crippen molar-refractivity contribution in [1.82, 2.24) is 4.98 Å². The van der Waals surface area contributed by atoms with Crippen LogP contribution in [0.2, 0.25) is 0 Å². The molecule has 6 nitrogen and oxygen atoms in total. The molecule has 0 saturated carbocycles. The highest BCUT2D eigenvalue weighted by Crippen LogP contribution is 2.45. The second-order valence-electron chi connectivity index (χ2n) is 2.97. The van der Waals surface area contributed by atoms with Gasteiger partial charge in [0.1, 0.15) is 0 Å². The molecule has 0 saturated heterocycles. The van der Waals surface area contributed by atoms with Crippen molar-refractivity contribution in [3.8, 4) is 11.5 Å². The highest BCUT2D eigenvalue weighted by molar-refractivity contribution is 5.58. The number of rotatable bonds is 2. The first-order valence-corrected chi connectivity index (χ1v) is 4.12. The van der Waals surface area contributed by atoms with E-state index in [4.69, 9.17) is 5.11 Å². The number of halogens is 6. The van der Waals surface area contributed by atoms with Gasteiger partial charge in [-0.05, 0) is 0 Å². The Morgan fingerprint density at radius 2 is 1.79 bits per heavy atom. The van der Waals surface area contributed by atoms with E-state index < -0.39 is 40.3 Å². The fraction of sp³-hybridized carbons (Fsp3) is 0.286. The van der Waals surface area contributed by atoms with Crippen LogP contribution in [-0.2, 0) is 6.18 Å². The van der Waals surface area contributed by atoms with E-state index in [-0.39, 0.29) is 6.20 Å². The highest BCUT2D eigenvalue weighted by Gasteiger charge is 2.46. The Hall–Kier alpha value is -2.27. The summed E-state index contributed by atoms with van der Waals surface area (Å²) in [5, 5.41) is 19.3. The lowest BCUT2D eigenvalue weighted by atomic mass is 10.2. The molecule has 1 N–H and O–H groups in total. The molecule has 1 aromatic heterocycles. The molecule has 106 valence electrons. The van der Waals surface area contributed by atoms with Crippen LogP contribution in [0.3, 0.4) is 0 Å². The van der Waals surface area contributed by atoms with E-state index in [0.29, 0.717) is 0 Å². The lowest BCUT2D eigenvalue weighted by Gasteiger charge is -2.14. The van der Waals surface area contributed by atoms with Gasteiger partial charge in [0.2, 0.25) is 11.5 Å². The molecule has 0 atom stereocenters. The van der Waals surface area contributed by atoms with Gasteiger partial charge >= 0.3 is 18.2 Å². The minimum Gasteiger partial charge on any atom is -0.501 e. The van der Waals surface area contributed by atoms with Crippen LogP contribution in [-0.4, -0.2) is 21.4 Å². The summed E-state index contributed by atoms with van der Waals surface area (Å²) in [7, 11) is 0. The van der Waals surface area contributed by atoms with Gasteiger partial charge in [-0.25, -0.2) is 4.98 Å². The molecule has 12 heteroatoms. The highest BCUT2D eigenvalue weighted by atomic mass is 19.4. The number of hydrogen-bond donors (Lipinski definition) is 1. The maximum Gasteiger partial charge on any atom is 0.573 e. The maximum absolute atomic E-state index is 12.4. The summed E-state index contributed by atoms with van der Waals surface area (Å²) in [6.07, 6.45) is -11.1. The number of pyridine rings is 1. The predicted molar refractivity (Wildman–Crippen MR) is 44.2 cm³/mol. The van der Waals surface area contributed by atoms with E-state index >= 15 is 0 Å². The lowest BCUT2D eigenvalue weighted by molar-refractivity contribution is -0.390. The largest absolute Gasteiger partial charge is 0.573 e. The molecule has 0 amide bonds. The number of ether oxygens (including phenoxy) is 1. The minimum absolute atomic E-state index is 0.00416. The Balaban J connectivity index is 3.59. The van der Waals surface area contributed by atoms with Gasteiger partial charge < -0.3 is 9.84 Å². The minimum atomic E-state index is -5.62. The number of alkyl halides is 6. The lowest BCUT2D eigenvalue weighted by Crippen LogP contribution is -2.22. The van der Waals surface area contributed by atoms with Gasteiger partial charge in [-0.2, -0.15) is 13.2 Å². The van der Waals surface area contributed by atoms with Gasteiger partial charge in [0.15, 0.2) is 5.69 Å². The van der Waals surface area contributed by atoms with Crippen LogP contribution in [0.25, 0.3) is 0 Å². The summed E-state index contributed by atoms with van der Waals surface area (Å²) in [5.74, 6) is -3.71. The fourth-order valence-electron chi connectivity index (χ4n) is 1.06. The van der Waals surface area contributed by atoms with Gasteiger partial charge in [-0.3, -0.25) is 10.1 Å². The first-order chi connectivity index (χ1) is 8.43. The topological polar surface area (TPSA) is 85.5 Å². The summed E-state index contributed by atoms with van der Waals surface area (Å²) in [5.41, 5.74) is -4.14. The van der Waals surface area contributed by atoms with E-state index in [1.165, 1.54) is 0 Å². The summed E-state index contributed by atoms with van der Waals surface area (Å²) in [4.78, 5) is 11.2. The van der Waals surface area contributed by atoms with E-state index in [0.717, 1.165) is 0 Å². The summed E-state index contributed by atoms with van der Waals surface area (Å²) < 4.78 is 76.0. The van der Waals surface area contributed by atoms with Crippen molar-refractivity contribution in [2.24, 2.45) is 0 Å².